The highest BCUT2D eigenvalue weighted by Crippen LogP contribution is 2.36. The average molecular weight is 239 g/mol. The minimum atomic E-state index is -0.610. The first kappa shape index (κ1) is 12.9. The molecule has 1 saturated heterocycles. The van der Waals surface area contributed by atoms with Gasteiger partial charge in [-0.25, -0.2) is 0 Å². The van der Waals surface area contributed by atoms with Crippen LogP contribution in [-0.2, 0) is 4.79 Å². The van der Waals surface area contributed by atoms with Gasteiger partial charge in [0.15, 0.2) is 0 Å². The second-order valence-electron chi connectivity index (χ2n) is 6.33. The van der Waals surface area contributed by atoms with Crippen molar-refractivity contribution in [2.45, 2.75) is 70.4 Å². The van der Waals surface area contributed by atoms with Gasteiger partial charge >= 0.3 is 5.97 Å². The Kier molecular flexibility index (Phi) is 3.76. The van der Waals surface area contributed by atoms with E-state index < -0.39 is 5.97 Å². The van der Waals surface area contributed by atoms with Crippen LogP contribution in [0.4, 0.5) is 0 Å². The second kappa shape index (κ2) is 4.97. The van der Waals surface area contributed by atoms with Crippen molar-refractivity contribution in [3.8, 4) is 0 Å². The molecule has 1 aliphatic carbocycles. The predicted octanol–water partition coefficient (Wildman–Crippen LogP) is 2.89. The Bertz CT molecular complexity index is 282. The summed E-state index contributed by atoms with van der Waals surface area (Å²) in [6, 6.07) is 0.702. The number of likely N-dealkylation sites (tertiary alicyclic amines) is 1. The molecule has 1 N–H and O–H groups in total. The van der Waals surface area contributed by atoms with Gasteiger partial charge in [-0.3, -0.25) is 9.69 Å². The van der Waals surface area contributed by atoms with Gasteiger partial charge in [0, 0.05) is 11.6 Å². The number of carbonyl (C=O) groups is 1. The van der Waals surface area contributed by atoms with Crippen LogP contribution in [0.3, 0.4) is 0 Å². The maximum absolute atomic E-state index is 11.1. The number of aliphatic carboxylic acids is 1. The summed E-state index contributed by atoms with van der Waals surface area (Å²) in [5.41, 5.74) is 0.0588. The van der Waals surface area contributed by atoms with E-state index in [9.17, 15) is 4.79 Å². The summed E-state index contributed by atoms with van der Waals surface area (Å²) in [7, 11) is 0. The number of nitrogens with zero attached hydrogens (tertiary/aromatic N) is 1. The fourth-order valence-corrected chi connectivity index (χ4v) is 3.70. The largest absolute Gasteiger partial charge is 0.481 e. The van der Waals surface area contributed by atoms with E-state index in [-0.39, 0.29) is 11.5 Å². The van der Waals surface area contributed by atoms with Gasteiger partial charge in [-0.05, 0) is 46.1 Å². The smallest absolute Gasteiger partial charge is 0.306 e. The van der Waals surface area contributed by atoms with Gasteiger partial charge < -0.3 is 5.11 Å². The van der Waals surface area contributed by atoms with Crippen LogP contribution < -0.4 is 0 Å². The highest BCUT2D eigenvalue weighted by atomic mass is 16.4. The molecule has 3 nitrogen and oxygen atoms in total. The number of carboxylic acid groups (broad SMARTS) is 1. The molecule has 0 bridgehead atoms. The molecule has 0 radical (unpaired) electrons. The summed E-state index contributed by atoms with van der Waals surface area (Å²) in [6.07, 6.45) is 8.32. The average Bonchev–Trinajstić information content (AvgIpc) is 2.28. The second-order valence-corrected chi connectivity index (χ2v) is 6.33. The topological polar surface area (TPSA) is 40.5 Å². The Morgan fingerprint density at radius 3 is 2.35 bits per heavy atom. The summed E-state index contributed by atoms with van der Waals surface area (Å²) in [4.78, 5) is 13.7. The summed E-state index contributed by atoms with van der Waals surface area (Å²) in [5.74, 6) is -0.744. The quantitative estimate of drug-likeness (QED) is 0.805. The summed E-state index contributed by atoms with van der Waals surface area (Å²) in [5, 5.41) is 9.15. The number of hydrogen-bond donors (Lipinski definition) is 1. The van der Waals surface area contributed by atoms with Crippen LogP contribution in [0.25, 0.3) is 0 Å². The molecule has 0 aromatic rings. The molecule has 2 rings (SSSR count). The lowest BCUT2D eigenvalue weighted by Gasteiger charge is -2.49. The van der Waals surface area contributed by atoms with E-state index >= 15 is 0 Å². The molecule has 1 heterocycles. The standard InChI is InChI=1S/C14H25NO2/c1-14(2)10-11(13(16)17)8-9-15(14)12-6-4-3-5-7-12/h11-12H,3-10H2,1-2H3,(H,16,17). The van der Waals surface area contributed by atoms with Crippen LogP contribution in [0, 0.1) is 5.92 Å². The van der Waals surface area contributed by atoms with Crippen molar-refractivity contribution in [2.24, 2.45) is 5.92 Å². The van der Waals surface area contributed by atoms with Crippen LogP contribution in [0.2, 0.25) is 0 Å². The number of hydrogen-bond acceptors (Lipinski definition) is 2. The molecule has 0 aromatic heterocycles. The molecular weight excluding hydrogens is 214 g/mol. The van der Waals surface area contributed by atoms with E-state index in [1.165, 1.54) is 32.1 Å². The van der Waals surface area contributed by atoms with Crippen molar-refractivity contribution >= 4 is 5.97 Å². The fraction of sp³-hybridized carbons (Fsp3) is 0.929. The normalized spacial score (nSPS) is 31.3. The van der Waals surface area contributed by atoms with Crippen molar-refractivity contribution in [1.29, 1.82) is 0 Å². The van der Waals surface area contributed by atoms with Crippen molar-refractivity contribution in [1.82, 2.24) is 4.90 Å². The summed E-state index contributed by atoms with van der Waals surface area (Å²) in [6.45, 7) is 5.40. The van der Waals surface area contributed by atoms with Crippen molar-refractivity contribution in [2.75, 3.05) is 6.54 Å². The molecule has 2 fully saturated rings. The third-order valence-corrected chi connectivity index (χ3v) is 4.61. The van der Waals surface area contributed by atoms with Crippen molar-refractivity contribution in [3.63, 3.8) is 0 Å². The lowest BCUT2D eigenvalue weighted by Crippen LogP contribution is -2.55. The van der Waals surface area contributed by atoms with E-state index in [0.29, 0.717) is 6.04 Å². The minimum absolute atomic E-state index is 0.0588. The molecule has 17 heavy (non-hydrogen) atoms. The molecule has 1 aliphatic heterocycles. The Hall–Kier alpha value is -0.570. The fourth-order valence-electron chi connectivity index (χ4n) is 3.70. The molecule has 1 saturated carbocycles. The monoisotopic (exact) mass is 239 g/mol. The van der Waals surface area contributed by atoms with Crippen molar-refractivity contribution < 1.29 is 9.90 Å². The van der Waals surface area contributed by atoms with Gasteiger partial charge in [0.1, 0.15) is 0 Å². The van der Waals surface area contributed by atoms with Gasteiger partial charge in [-0.1, -0.05) is 19.3 Å². The van der Waals surface area contributed by atoms with Crippen LogP contribution in [0.15, 0.2) is 0 Å². The third kappa shape index (κ3) is 2.82. The molecule has 3 heteroatoms. The molecular formula is C14H25NO2. The molecule has 98 valence electrons. The van der Waals surface area contributed by atoms with Gasteiger partial charge in [-0.15, -0.1) is 0 Å². The third-order valence-electron chi connectivity index (χ3n) is 4.61. The van der Waals surface area contributed by atoms with Gasteiger partial charge in [0.05, 0.1) is 5.92 Å². The van der Waals surface area contributed by atoms with E-state index in [1.54, 1.807) is 0 Å². The predicted molar refractivity (Wildman–Crippen MR) is 68.0 cm³/mol. The van der Waals surface area contributed by atoms with E-state index in [0.717, 1.165) is 19.4 Å². The zero-order valence-electron chi connectivity index (χ0n) is 11.1. The van der Waals surface area contributed by atoms with Crippen LogP contribution in [0.5, 0.6) is 0 Å². The first-order valence-corrected chi connectivity index (χ1v) is 7.00. The zero-order chi connectivity index (χ0) is 12.5. The highest BCUT2D eigenvalue weighted by molar-refractivity contribution is 5.70. The van der Waals surface area contributed by atoms with Crippen molar-refractivity contribution in [3.05, 3.63) is 0 Å². The Morgan fingerprint density at radius 1 is 1.18 bits per heavy atom. The SMILES string of the molecule is CC1(C)CC(C(=O)O)CCN1C1CCCCC1. The number of rotatable bonds is 2. The maximum atomic E-state index is 11.1. The lowest BCUT2D eigenvalue weighted by atomic mass is 9.79. The summed E-state index contributed by atoms with van der Waals surface area (Å²) >= 11 is 0. The lowest BCUT2D eigenvalue weighted by molar-refractivity contribution is -0.146. The van der Waals surface area contributed by atoms with E-state index in [1.807, 2.05) is 0 Å². The van der Waals surface area contributed by atoms with Gasteiger partial charge in [-0.2, -0.15) is 0 Å². The summed E-state index contributed by atoms with van der Waals surface area (Å²) < 4.78 is 0. The molecule has 0 aromatic carbocycles. The Balaban J connectivity index is 2.01. The highest BCUT2D eigenvalue weighted by Gasteiger charge is 2.40. The van der Waals surface area contributed by atoms with E-state index in [4.69, 9.17) is 5.11 Å². The first-order chi connectivity index (χ1) is 8.00. The number of carboxylic acids is 1. The maximum Gasteiger partial charge on any atom is 0.306 e. The number of piperidine rings is 1. The van der Waals surface area contributed by atoms with Gasteiger partial charge in [0.2, 0.25) is 0 Å². The first-order valence-electron chi connectivity index (χ1n) is 7.00. The molecule has 1 unspecified atom stereocenters. The molecule has 1 atom stereocenters. The van der Waals surface area contributed by atoms with Crippen LogP contribution in [-0.4, -0.2) is 34.1 Å². The van der Waals surface area contributed by atoms with E-state index in [2.05, 4.69) is 18.7 Å². The zero-order valence-corrected chi connectivity index (χ0v) is 11.1. The Morgan fingerprint density at radius 2 is 1.82 bits per heavy atom. The molecule has 2 aliphatic rings. The Labute approximate surface area is 104 Å². The molecule has 0 amide bonds. The molecule has 0 spiro atoms. The minimum Gasteiger partial charge on any atom is -0.481 e. The van der Waals surface area contributed by atoms with Gasteiger partial charge in [0.25, 0.3) is 0 Å². The van der Waals surface area contributed by atoms with Crippen LogP contribution >= 0.6 is 0 Å². The van der Waals surface area contributed by atoms with Crippen LogP contribution in [0.1, 0.15) is 58.8 Å².